The second-order valence-corrected chi connectivity index (χ2v) is 5.38. The first-order valence-corrected chi connectivity index (χ1v) is 7.33. The molecular formula is C17H20ClNO. The van der Waals surface area contributed by atoms with Crippen molar-refractivity contribution in [3.8, 4) is 5.75 Å². The van der Waals surface area contributed by atoms with E-state index >= 15 is 0 Å². The van der Waals surface area contributed by atoms with Crippen LogP contribution in [-0.4, -0.2) is 5.11 Å². The average molecular weight is 290 g/mol. The van der Waals surface area contributed by atoms with E-state index in [0.717, 1.165) is 30.0 Å². The Kier molecular flexibility index (Phi) is 5.45. The molecule has 1 atom stereocenters. The maximum absolute atomic E-state index is 9.29. The molecular weight excluding hydrogens is 270 g/mol. The minimum Gasteiger partial charge on any atom is -0.508 e. The summed E-state index contributed by atoms with van der Waals surface area (Å²) in [4.78, 5) is 0. The molecule has 0 spiro atoms. The van der Waals surface area contributed by atoms with Crippen LogP contribution in [0.25, 0.3) is 0 Å². The van der Waals surface area contributed by atoms with E-state index in [1.165, 1.54) is 5.56 Å². The van der Waals surface area contributed by atoms with Crippen molar-refractivity contribution in [2.24, 2.45) is 0 Å². The van der Waals surface area contributed by atoms with Gasteiger partial charge >= 0.3 is 0 Å². The average Bonchev–Trinajstić information content (AvgIpc) is 2.46. The summed E-state index contributed by atoms with van der Waals surface area (Å²) in [5, 5.41) is 13.6. The number of hydrogen-bond donors (Lipinski definition) is 2. The smallest absolute Gasteiger partial charge is 0.115 e. The fourth-order valence-corrected chi connectivity index (χ4v) is 2.35. The maximum Gasteiger partial charge on any atom is 0.115 e. The van der Waals surface area contributed by atoms with Crippen molar-refractivity contribution < 1.29 is 5.11 Å². The van der Waals surface area contributed by atoms with E-state index < -0.39 is 0 Å². The predicted octanol–water partition coefficient (Wildman–Crippen LogP) is 4.68. The quantitative estimate of drug-likeness (QED) is 0.809. The summed E-state index contributed by atoms with van der Waals surface area (Å²) in [5.41, 5.74) is 2.42. The van der Waals surface area contributed by atoms with Gasteiger partial charge in [0.05, 0.1) is 0 Å². The lowest BCUT2D eigenvalue weighted by Crippen LogP contribution is -2.20. The van der Waals surface area contributed by atoms with Crippen LogP contribution in [0.15, 0.2) is 48.5 Å². The Hall–Kier alpha value is -1.51. The van der Waals surface area contributed by atoms with Crippen LogP contribution >= 0.6 is 11.6 Å². The Labute approximate surface area is 125 Å². The van der Waals surface area contributed by atoms with Gasteiger partial charge in [0.2, 0.25) is 0 Å². The Balaban J connectivity index is 2.02. The van der Waals surface area contributed by atoms with Crippen molar-refractivity contribution in [1.29, 1.82) is 0 Å². The summed E-state index contributed by atoms with van der Waals surface area (Å²) in [7, 11) is 0. The normalized spacial score (nSPS) is 12.3. The first-order valence-electron chi connectivity index (χ1n) is 6.96. The lowest BCUT2D eigenvalue weighted by atomic mass is 10.0. The number of nitrogens with one attached hydrogen (secondary N) is 1. The highest BCUT2D eigenvalue weighted by atomic mass is 35.5. The third-order valence-electron chi connectivity index (χ3n) is 3.34. The summed E-state index contributed by atoms with van der Waals surface area (Å²) in [5.74, 6) is 0.302. The van der Waals surface area contributed by atoms with E-state index in [0.29, 0.717) is 11.8 Å². The zero-order valence-electron chi connectivity index (χ0n) is 11.6. The third kappa shape index (κ3) is 4.26. The van der Waals surface area contributed by atoms with Gasteiger partial charge in [0.25, 0.3) is 0 Å². The number of rotatable bonds is 6. The highest BCUT2D eigenvalue weighted by Gasteiger charge is 2.09. The lowest BCUT2D eigenvalue weighted by molar-refractivity contribution is 0.473. The molecule has 0 saturated carbocycles. The van der Waals surface area contributed by atoms with Crippen molar-refractivity contribution in [2.45, 2.75) is 32.4 Å². The van der Waals surface area contributed by atoms with Gasteiger partial charge in [0.15, 0.2) is 0 Å². The summed E-state index contributed by atoms with van der Waals surface area (Å²) >= 11 is 5.94. The number of benzene rings is 2. The largest absolute Gasteiger partial charge is 0.508 e. The van der Waals surface area contributed by atoms with Gasteiger partial charge in [0.1, 0.15) is 5.75 Å². The Morgan fingerprint density at radius 1 is 1.05 bits per heavy atom. The molecule has 2 N–H and O–H groups in total. The van der Waals surface area contributed by atoms with Crippen LogP contribution in [0.3, 0.4) is 0 Å². The fraction of sp³-hybridized carbons (Fsp3) is 0.294. The molecule has 1 unspecified atom stereocenters. The number of halogens is 1. The number of hydrogen-bond acceptors (Lipinski definition) is 2. The van der Waals surface area contributed by atoms with Gasteiger partial charge in [-0.05, 0) is 41.8 Å². The van der Waals surface area contributed by atoms with E-state index in [1.807, 2.05) is 24.3 Å². The molecule has 0 radical (unpaired) electrons. The van der Waals surface area contributed by atoms with Crippen LogP contribution in [0, 0.1) is 0 Å². The van der Waals surface area contributed by atoms with Crippen molar-refractivity contribution in [2.75, 3.05) is 0 Å². The van der Waals surface area contributed by atoms with E-state index in [9.17, 15) is 5.11 Å². The fourth-order valence-electron chi connectivity index (χ4n) is 2.23. The Morgan fingerprint density at radius 3 is 2.30 bits per heavy atom. The first-order chi connectivity index (χ1) is 9.69. The number of phenolic OH excluding ortho intramolecular Hbond substituents is 1. The molecule has 2 aromatic rings. The van der Waals surface area contributed by atoms with Crippen molar-refractivity contribution >= 4 is 11.6 Å². The molecule has 2 rings (SSSR count). The van der Waals surface area contributed by atoms with Gasteiger partial charge in [-0.15, -0.1) is 0 Å². The van der Waals surface area contributed by atoms with Crippen LogP contribution in [0.2, 0.25) is 5.02 Å². The lowest BCUT2D eigenvalue weighted by Gasteiger charge is -2.19. The second-order valence-electron chi connectivity index (χ2n) is 4.94. The van der Waals surface area contributed by atoms with E-state index in [-0.39, 0.29) is 0 Å². The minimum absolute atomic E-state index is 0.302. The van der Waals surface area contributed by atoms with Crippen molar-refractivity contribution in [3.63, 3.8) is 0 Å². The van der Waals surface area contributed by atoms with Crippen LogP contribution in [-0.2, 0) is 6.54 Å². The standard InChI is InChI=1S/C17H20ClNO/c1-2-3-17(14-6-8-15(18)9-7-14)19-12-13-4-10-16(20)11-5-13/h4-11,17,19-20H,2-3,12H2,1H3. The summed E-state index contributed by atoms with van der Waals surface area (Å²) in [6.07, 6.45) is 2.20. The Morgan fingerprint density at radius 2 is 1.70 bits per heavy atom. The van der Waals surface area contributed by atoms with Crippen LogP contribution < -0.4 is 5.32 Å². The van der Waals surface area contributed by atoms with Gasteiger partial charge in [-0.2, -0.15) is 0 Å². The van der Waals surface area contributed by atoms with Crippen molar-refractivity contribution in [1.82, 2.24) is 5.32 Å². The minimum atomic E-state index is 0.302. The highest BCUT2D eigenvalue weighted by Crippen LogP contribution is 2.21. The summed E-state index contributed by atoms with van der Waals surface area (Å²) < 4.78 is 0. The van der Waals surface area contributed by atoms with E-state index in [2.05, 4.69) is 24.4 Å². The molecule has 20 heavy (non-hydrogen) atoms. The van der Waals surface area contributed by atoms with E-state index in [4.69, 9.17) is 11.6 Å². The molecule has 0 bridgehead atoms. The molecule has 2 aromatic carbocycles. The van der Waals surface area contributed by atoms with Crippen LogP contribution in [0.1, 0.15) is 36.9 Å². The van der Waals surface area contributed by atoms with Gasteiger partial charge in [-0.25, -0.2) is 0 Å². The first kappa shape index (κ1) is 14.9. The summed E-state index contributed by atoms with van der Waals surface area (Å²) in [6.45, 7) is 2.97. The van der Waals surface area contributed by atoms with Crippen LogP contribution in [0.4, 0.5) is 0 Å². The maximum atomic E-state index is 9.29. The topological polar surface area (TPSA) is 32.3 Å². The van der Waals surface area contributed by atoms with Gasteiger partial charge in [0, 0.05) is 17.6 Å². The molecule has 0 saturated heterocycles. The molecule has 0 aliphatic heterocycles. The molecule has 0 aliphatic rings. The van der Waals surface area contributed by atoms with Gasteiger partial charge in [-0.3, -0.25) is 0 Å². The highest BCUT2D eigenvalue weighted by molar-refractivity contribution is 6.30. The van der Waals surface area contributed by atoms with E-state index in [1.54, 1.807) is 12.1 Å². The number of aromatic hydroxyl groups is 1. The monoisotopic (exact) mass is 289 g/mol. The molecule has 0 aliphatic carbocycles. The van der Waals surface area contributed by atoms with Gasteiger partial charge in [-0.1, -0.05) is 49.2 Å². The third-order valence-corrected chi connectivity index (χ3v) is 3.59. The molecule has 3 heteroatoms. The van der Waals surface area contributed by atoms with Gasteiger partial charge < -0.3 is 10.4 Å². The SMILES string of the molecule is CCCC(NCc1ccc(O)cc1)c1ccc(Cl)cc1. The second kappa shape index (κ2) is 7.32. The molecule has 0 fully saturated rings. The number of phenols is 1. The zero-order valence-corrected chi connectivity index (χ0v) is 12.4. The van der Waals surface area contributed by atoms with Crippen LogP contribution in [0.5, 0.6) is 5.75 Å². The Bertz CT molecular complexity index is 522. The molecule has 0 aromatic heterocycles. The van der Waals surface area contributed by atoms with Crippen molar-refractivity contribution in [3.05, 3.63) is 64.7 Å². The zero-order chi connectivity index (χ0) is 14.4. The molecule has 106 valence electrons. The summed E-state index contributed by atoms with van der Waals surface area (Å²) in [6, 6.07) is 15.6. The molecule has 0 heterocycles. The molecule has 0 amide bonds. The molecule has 2 nitrogen and oxygen atoms in total. The predicted molar refractivity (Wildman–Crippen MR) is 84.0 cm³/mol.